The average Bonchev–Trinajstić information content (AvgIpc) is 2.89. The molecule has 1 aliphatic heterocycles. The fourth-order valence-corrected chi connectivity index (χ4v) is 3.66. The van der Waals surface area contributed by atoms with Crippen LogP contribution in [0.2, 0.25) is 5.02 Å². The van der Waals surface area contributed by atoms with Gasteiger partial charge in [-0.2, -0.15) is 0 Å². The molecule has 1 fully saturated rings. The minimum Gasteiger partial charge on any atom is -0.310 e. The molecular weight excluding hydrogens is 336 g/mol. The lowest BCUT2D eigenvalue weighted by Crippen LogP contribution is -2.25. The van der Waals surface area contributed by atoms with Gasteiger partial charge in [0.05, 0.1) is 15.6 Å². The first-order valence-corrected chi connectivity index (χ1v) is 8.96. The normalized spacial score (nSPS) is 18.4. The third kappa shape index (κ3) is 3.24. The standard InChI is InChI=1S/C16H15ClN2O3S/c17-14-9-13(23(18,21)22)6-7-15(14)19-10-12(8-16(19)20)11-4-2-1-3-5-11/h1-7,9,12H,8,10H2,(H2,18,21,22). The zero-order valence-electron chi connectivity index (χ0n) is 12.1. The number of carbonyl (C=O) groups excluding carboxylic acids is 1. The van der Waals surface area contributed by atoms with Crippen molar-refractivity contribution >= 4 is 33.2 Å². The molecule has 1 heterocycles. The second-order valence-corrected chi connectivity index (χ2v) is 7.44. The average molecular weight is 351 g/mol. The van der Waals surface area contributed by atoms with Gasteiger partial charge in [-0.15, -0.1) is 0 Å². The number of anilines is 1. The third-order valence-corrected chi connectivity index (χ3v) is 5.15. The molecule has 1 aliphatic rings. The molecule has 1 atom stereocenters. The van der Waals surface area contributed by atoms with Crippen LogP contribution in [0.15, 0.2) is 53.4 Å². The molecule has 3 rings (SSSR count). The molecular formula is C16H15ClN2O3S. The second-order valence-electron chi connectivity index (χ2n) is 5.47. The molecule has 0 aromatic heterocycles. The summed E-state index contributed by atoms with van der Waals surface area (Å²) >= 11 is 6.16. The van der Waals surface area contributed by atoms with Gasteiger partial charge in [-0.25, -0.2) is 13.6 Å². The lowest BCUT2D eigenvalue weighted by Gasteiger charge is -2.19. The van der Waals surface area contributed by atoms with Crippen LogP contribution in [0.5, 0.6) is 0 Å². The van der Waals surface area contributed by atoms with Crippen LogP contribution in [0.3, 0.4) is 0 Å². The van der Waals surface area contributed by atoms with E-state index in [0.717, 1.165) is 5.56 Å². The molecule has 0 spiro atoms. The number of amides is 1. The number of nitrogens with two attached hydrogens (primary N) is 1. The number of primary sulfonamides is 1. The van der Waals surface area contributed by atoms with Crippen molar-refractivity contribution in [1.82, 2.24) is 0 Å². The summed E-state index contributed by atoms with van der Waals surface area (Å²) in [5.74, 6) is 0.0572. The van der Waals surface area contributed by atoms with Gasteiger partial charge in [-0.05, 0) is 23.8 Å². The second kappa shape index (κ2) is 5.96. The Bertz CT molecular complexity index is 853. The Kier molecular flexibility index (Phi) is 4.14. The molecule has 2 aromatic carbocycles. The molecule has 23 heavy (non-hydrogen) atoms. The van der Waals surface area contributed by atoms with Crippen LogP contribution in [-0.4, -0.2) is 20.9 Å². The van der Waals surface area contributed by atoms with E-state index in [4.69, 9.17) is 16.7 Å². The van der Waals surface area contributed by atoms with Crippen LogP contribution in [0, 0.1) is 0 Å². The maximum Gasteiger partial charge on any atom is 0.238 e. The SMILES string of the molecule is NS(=O)(=O)c1ccc(N2CC(c3ccccc3)CC2=O)c(Cl)c1. The van der Waals surface area contributed by atoms with Crippen LogP contribution in [-0.2, 0) is 14.8 Å². The molecule has 0 aliphatic carbocycles. The number of halogens is 1. The van der Waals surface area contributed by atoms with Crippen LogP contribution in [0.25, 0.3) is 0 Å². The fourth-order valence-electron chi connectivity index (χ4n) is 2.77. The van der Waals surface area contributed by atoms with Gasteiger partial charge in [-0.1, -0.05) is 41.9 Å². The highest BCUT2D eigenvalue weighted by molar-refractivity contribution is 7.89. The number of sulfonamides is 1. The Morgan fingerprint density at radius 1 is 1.13 bits per heavy atom. The summed E-state index contributed by atoms with van der Waals surface area (Å²) in [5, 5.41) is 5.28. The van der Waals surface area contributed by atoms with E-state index in [1.54, 1.807) is 4.90 Å². The molecule has 2 N–H and O–H groups in total. The first-order valence-electron chi connectivity index (χ1n) is 7.04. The number of hydrogen-bond acceptors (Lipinski definition) is 3. The Morgan fingerprint density at radius 2 is 1.83 bits per heavy atom. The molecule has 0 radical (unpaired) electrons. The molecule has 5 nitrogen and oxygen atoms in total. The Morgan fingerprint density at radius 3 is 2.43 bits per heavy atom. The molecule has 0 saturated carbocycles. The van der Waals surface area contributed by atoms with Gasteiger partial charge in [0.15, 0.2) is 0 Å². The van der Waals surface area contributed by atoms with Gasteiger partial charge < -0.3 is 4.90 Å². The number of rotatable bonds is 3. The Hall–Kier alpha value is -1.89. The van der Waals surface area contributed by atoms with Crippen LogP contribution < -0.4 is 10.0 Å². The van der Waals surface area contributed by atoms with Crippen molar-refractivity contribution in [3.8, 4) is 0 Å². The largest absolute Gasteiger partial charge is 0.310 e. The predicted octanol–water partition coefficient (Wildman–Crippen LogP) is 2.51. The smallest absolute Gasteiger partial charge is 0.238 e. The quantitative estimate of drug-likeness (QED) is 0.923. The first kappa shape index (κ1) is 16.0. The predicted molar refractivity (Wildman–Crippen MR) is 89.0 cm³/mol. The Labute approximate surface area is 139 Å². The van der Waals surface area contributed by atoms with E-state index in [-0.39, 0.29) is 21.7 Å². The number of carbonyl (C=O) groups is 1. The maximum atomic E-state index is 12.3. The van der Waals surface area contributed by atoms with E-state index in [9.17, 15) is 13.2 Å². The van der Waals surface area contributed by atoms with E-state index in [1.165, 1.54) is 18.2 Å². The van der Waals surface area contributed by atoms with Crippen LogP contribution in [0.4, 0.5) is 5.69 Å². The number of benzene rings is 2. The van der Waals surface area contributed by atoms with Crippen molar-refractivity contribution in [2.75, 3.05) is 11.4 Å². The topological polar surface area (TPSA) is 80.5 Å². The van der Waals surface area contributed by atoms with Gasteiger partial charge in [0.1, 0.15) is 0 Å². The Balaban J connectivity index is 1.89. The van der Waals surface area contributed by atoms with Crippen LogP contribution in [0.1, 0.15) is 17.9 Å². The van der Waals surface area contributed by atoms with Crippen molar-refractivity contribution in [3.63, 3.8) is 0 Å². The lowest BCUT2D eigenvalue weighted by atomic mass is 9.99. The van der Waals surface area contributed by atoms with Gasteiger partial charge in [0.25, 0.3) is 0 Å². The lowest BCUT2D eigenvalue weighted by molar-refractivity contribution is -0.117. The summed E-state index contributed by atoms with van der Waals surface area (Å²) in [7, 11) is -3.82. The van der Waals surface area contributed by atoms with E-state index in [0.29, 0.717) is 18.7 Å². The summed E-state index contributed by atoms with van der Waals surface area (Å²) in [6.45, 7) is 0.511. The van der Waals surface area contributed by atoms with E-state index >= 15 is 0 Å². The molecule has 7 heteroatoms. The van der Waals surface area contributed by atoms with E-state index in [2.05, 4.69) is 0 Å². The van der Waals surface area contributed by atoms with Crippen molar-refractivity contribution < 1.29 is 13.2 Å². The van der Waals surface area contributed by atoms with E-state index in [1.807, 2.05) is 30.3 Å². The molecule has 1 unspecified atom stereocenters. The molecule has 1 saturated heterocycles. The monoisotopic (exact) mass is 350 g/mol. The highest BCUT2D eigenvalue weighted by Crippen LogP contribution is 2.36. The minimum absolute atomic E-state index is 0.0379. The van der Waals surface area contributed by atoms with Crippen molar-refractivity contribution in [3.05, 3.63) is 59.1 Å². The molecule has 2 aromatic rings. The van der Waals surface area contributed by atoms with Gasteiger partial charge >= 0.3 is 0 Å². The molecule has 1 amide bonds. The van der Waals surface area contributed by atoms with Crippen molar-refractivity contribution in [1.29, 1.82) is 0 Å². The number of nitrogens with zero attached hydrogens (tertiary/aromatic N) is 1. The highest BCUT2D eigenvalue weighted by Gasteiger charge is 2.32. The van der Waals surface area contributed by atoms with Crippen molar-refractivity contribution in [2.45, 2.75) is 17.2 Å². The number of hydrogen-bond donors (Lipinski definition) is 1. The van der Waals surface area contributed by atoms with Gasteiger partial charge in [0.2, 0.25) is 15.9 Å². The van der Waals surface area contributed by atoms with Crippen LogP contribution >= 0.6 is 11.6 Å². The minimum atomic E-state index is -3.82. The summed E-state index contributed by atoms with van der Waals surface area (Å²) in [6.07, 6.45) is 0.400. The summed E-state index contributed by atoms with van der Waals surface area (Å²) in [6, 6.07) is 14.0. The van der Waals surface area contributed by atoms with Gasteiger partial charge in [0, 0.05) is 18.9 Å². The van der Waals surface area contributed by atoms with Crippen molar-refractivity contribution in [2.24, 2.45) is 5.14 Å². The zero-order valence-corrected chi connectivity index (χ0v) is 13.7. The highest BCUT2D eigenvalue weighted by atomic mass is 35.5. The third-order valence-electron chi connectivity index (χ3n) is 3.93. The summed E-state index contributed by atoms with van der Waals surface area (Å²) in [4.78, 5) is 13.8. The summed E-state index contributed by atoms with van der Waals surface area (Å²) in [5.41, 5.74) is 1.60. The van der Waals surface area contributed by atoms with E-state index < -0.39 is 10.0 Å². The summed E-state index contributed by atoms with van der Waals surface area (Å²) < 4.78 is 22.7. The zero-order chi connectivity index (χ0) is 16.6. The molecule has 0 bridgehead atoms. The first-order chi connectivity index (χ1) is 10.9. The van der Waals surface area contributed by atoms with Gasteiger partial charge in [-0.3, -0.25) is 4.79 Å². The fraction of sp³-hybridized carbons (Fsp3) is 0.188. The molecule has 120 valence electrons. The maximum absolute atomic E-state index is 12.3.